The Bertz CT molecular complexity index is 700. The predicted octanol–water partition coefficient (Wildman–Crippen LogP) is 3.86. The third-order valence-electron chi connectivity index (χ3n) is 3.49. The molecule has 0 unspecified atom stereocenters. The molecule has 0 radical (unpaired) electrons. The van der Waals surface area contributed by atoms with Crippen molar-refractivity contribution in [2.45, 2.75) is 6.92 Å². The molecule has 5 nitrogen and oxygen atoms in total. The van der Waals surface area contributed by atoms with Crippen LogP contribution in [0.2, 0.25) is 0 Å². The van der Waals surface area contributed by atoms with Crippen molar-refractivity contribution in [3.63, 3.8) is 0 Å². The molecule has 128 valence electrons. The van der Waals surface area contributed by atoms with Gasteiger partial charge in [-0.15, -0.1) is 0 Å². The van der Waals surface area contributed by atoms with Crippen molar-refractivity contribution in [3.8, 4) is 23.0 Å². The van der Waals surface area contributed by atoms with Crippen LogP contribution in [-0.2, 0) is 0 Å². The van der Waals surface area contributed by atoms with Crippen LogP contribution in [0.25, 0.3) is 12.2 Å². The molecule has 0 aliphatic rings. The minimum absolute atomic E-state index is 0.572. The largest absolute Gasteiger partial charge is 0.493 e. The Morgan fingerprint density at radius 2 is 1.46 bits per heavy atom. The minimum atomic E-state index is 0.572. The maximum absolute atomic E-state index is 5.99. The first-order valence-corrected chi connectivity index (χ1v) is 7.63. The predicted molar refractivity (Wildman–Crippen MR) is 97.0 cm³/mol. The maximum Gasteiger partial charge on any atom is 0.203 e. The Kier molecular flexibility index (Phi) is 5.95. The van der Waals surface area contributed by atoms with E-state index in [1.807, 2.05) is 49.4 Å². The molecule has 2 aromatic carbocycles. The van der Waals surface area contributed by atoms with Crippen LogP contribution in [0.15, 0.2) is 30.3 Å². The Labute approximate surface area is 142 Å². The second-order valence-corrected chi connectivity index (χ2v) is 5.02. The van der Waals surface area contributed by atoms with Gasteiger partial charge in [0.25, 0.3) is 0 Å². The summed E-state index contributed by atoms with van der Waals surface area (Å²) in [5, 5.41) is 0. The lowest BCUT2D eigenvalue weighted by Crippen LogP contribution is -1.96. The Morgan fingerprint density at radius 1 is 0.833 bits per heavy atom. The number of hydrogen-bond acceptors (Lipinski definition) is 5. The van der Waals surface area contributed by atoms with Crippen LogP contribution in [0, 0.1) is 0 Å². The van der Waals surface area contributed by atoms with Gasteiger partial charge in [0, 0.05) is 0 Å². The van der Waals surface area contributed by atoms with E-state index in [1.54, 1.807) is 21.3 Å². The average Bonchev–Trinajstić information content (AvgIpc) is 2.61. The van der Waals surface area contributed by atoms with E-state index < -0.39 is 0 Å². The van der Waals surface area contributed by atoms with Crippen molar-refractivity contribution in [1.82, 2.24) is 0 Å². The summed E-state index contributed by atoms with van der Waals surface area (Å²) >= 11 is 0. The lowest BCUT2D eigenvalue weighted by Gasteiger charge is -2.12. The second-order valence-electron chi connectivity index (χ2n) is 5.02. The molecule has 0 aromatic heterocycles. The summed E-state index contributed by atoms with van der Waals surface area (Å²) in [5.41, 5.74) is 8.51. The van der Waals surface area contributed by atoms with Crippen LogP contribution < -0.4 is 24.7 Å². The molecule has 0 aliphatic heterocycles. The first-order chi connectivity index (χ1) is 11.6. The zero-order chi connectivity index (χ0) is 17.5. The van der Waals surface area contributed by atoms with Crippen LogP contribution in [0.3, 0.4) is 0 Å². The van der Waals surface area contributed by atoms with Gasteiger partial charge in [0.1, 0.15) is 5.75 Å². The van der Waals surface area contributed by atoms with Gasteiger partial charge < -0.3 is 24.7 Å². The molecule has 0 aliphatic carbocycles. The number of nitrogens with two attached hydrogens (primary N) is 1. The summed E-state index contributed by atoms with van der Waals surface area (Å²) in [6, 6.07) is 9.47. The van der Waals surface area contributed by atoms with E-state index in [2.05, 4.69) is 0 Å². The number of anilines is 1. The highest BCUT2D eigenvalue weighted by atomic mass is 16.5. The number of ether oxygens (including phenoxy) is 4. The average molecular weight is 329 g/mol. The fourth-order valence-corrected chi connectivity index (χ4v) is 2.35. The molecule has 0 fully saturated rings. The molecule has 0 heterocycles. The maximum atomic E-state index is 5.99. The van der Waals surface area contributed by atoms with Crippen LogP contribution in [0.5, 0.6) is 23.0 Å². The van der Waals surface area contributed by atoms with Gasteiger partial charge in [-0.1, -0.05) is 18.2 Å². The number of benzene rings is 2. The highest BCUT2D eigenvalue weighted by Crippen LogP contribution is 2.38. The summed E-state index contributed by atoms with van der Waals surface area (Å²) in [6.45, 7) is 2.52. The lowest BCUT2D eigenvalue weighted by atomic mass is 10.1. The van der Waals surface area contributed by atoms with Crippen molar-refractivity contribution >= 4 is 17.8 Å². The molecule has 24 heavy (non-hydrogen) atoms. The van der Waals surface area contributed by atoms with Crippen LogP contribution >= 0.6 is 0 Å². The van der Waals surface area contributed by atoms with Crippen molar-refractivity contribution in [3.05, 3.63) is 41.5 Å². The van der Waals surface area contributed by atoms with Gasteiger partial charge in [-0.2, -0.15) is 0 Å². The molecule has 2 aromatic rings. The molecule has 0 bridgehead atoms. The first kappa shape index (κ1) is 17.5. The van der Waals surface area contributed by atoms with Gasteiger partial charge in [0.15, 0.2) is 11.5 Å². The second kappa shape index (κ2) is 8.15. The van der Waals surface area contributed by atoms with Crippen molar-refractivity contribution in [2.24, 2.45) is 0 Å². The van der Waals surface area contributed by atoms with E-state index in [-0.39, 0.29) is 0 Å². The number of nitrogen functional groups attached to an aromatic ring is 1. The molecule has 5 heteroatoms. The highest BCUT2D eigenvalue weighted by Gasteiger charge is 2.12. The fraction of sp³-hybridized carbons (Fsp3) is 0.263. The van der Waals surface area contributed by atoms with Gasteiger partial charge in [0.2, 0.25) is 5.75 Å². The molecule has 0 saturated carbocycles. The third-order valence-corrected chi connectivity index (χ3v) is 3.49. The van der Waals surface area contributed by atoms with Gasteiger partial charge >= 0.3 is 0 Å². The van der Waals surface area contributed by atoms with E-state index in [9.17, 15) is 0 Å². The highest BCUT2D eigenvalue weighted by molar-refractivity contribution is 5.74. The fourth-order valence-electron chi connectivity index (χ4n) is 2.35. The Balaban J connectivity index is 2.30. The Morgan fingerprint density at radius 3 is 1.96 bits per heavy atom. The molecule has 0 atom stereocenters. The summed E-state index contributed by atoms with van der Waals surface area (Å²) in [7, 11) is 4.77. The molecule has 0 spiro atoms. The topological polar surface area (TPSA) is 62.9 Å². The SMILES string of the molecule is CCOc1ccc(/C=C/c2cc(OC)c(OC)c(OC)c2)cc1N. The van der Waals surface area contributed by atoms with E-state index in [4.69, 9.17) is 24.7 Å². The van der Waals surface area contributed by atoms with Gasteiger partial charge in [-0.25, -0.2) is 0 Å². The zero-order valence-electron chi connectivity index (χ0n) is 14.5. The quantitative estimate of drug-likeness (QED) is 0.617. The van der Waals surface area contributed by atoms with Gasteiger partial charge in [-0.3, -0.25) is 0 Å². The van der Waals surface area contributed by atoms with Crippen molar-refractivity contribution in [1.29, 1.82) is 0 Å². The van der Waals surface area contributed by atoms with Crippen LogP contribution in [0.4, 0.5) is 5.69 Å². The molecule has 0 amide bonds. The molecular weight excluding hydrogens is 306 g/mol. The monoisotopic (exact) mass is 329 g/mol. The summed E-state index contributed by atoms with van der Waals surface area (Å²) in [4.78, 5) is 0. The van der Waals surface area contributed by atoms with Gasteiger partial charge in [0.05, 0.1) is 33.6 Å². The standard InChI is InChI=1S/C19H23NO4/c1-5-24-16-9-8-13(10-15(16)20)6-7-14-11-17(21-2)19(23-4)18(12-14)22-3/h6-12H,5,20H2,1-4H3/b7-6+. The number of rotatable bonds is 7. The summed E-state index contributed by atoms with van der Waals surface area (Å²) in [5.74, 6) is 2.50. The normalized spacial score (nSPS) is 10.7. The van der Waals surface area contributed by atoms with Crippen LogP contribution in [-0.4, -0.2) is 27.9 Å². The molecular formula is C19H23NO4. The molecule has 2 N–H and O–H groups in total. The Hall–Kier alpha value is -2.82. The lowest BCUT2D eigenvalue weighted by molar-refractivity contribution is 0.324. The summed E-state index contributed by atoms with van der Waals surface area (Å²) < 4.78 is 21.5. The van der Waals surface area contributed by atoms with E-state index >= 15 is 0 Å². The van der Waals surface area contributed by atoms with Gasteiger partial charge in [-0.05, 0) is 42.3 Å². The smallest absolute Gasteiger partial charge is 0.203 e. The minimum Gasteiger partial charge on any atom is -0.493 e. The van der Waals surface area contributed by atoms with Crippen molar-refractivity contribution in [2.75, 3.05) is 33.7 Å². The number of hydrogen-bond donors (Lipinski definition) is 1. The molecule has 0 saturated heterocycles. The van der Waals surface area contributed by atoms with Crippen LogP contribution in [0.1, 0.15) is 18.1 Å². The van der Waals surface area contributed by atoms with E-state index in [0.717, 1.165) is 11.1 Å². The molecule has 2 rings (SSSR count). The summed E-state index contributed by atoms with van der Waals surface area (Å²) in [6.07, 6.45) is 3.92. The number of methoxy groups -OCH3 is 3. The van der Waals surface area contributed by atoms with E-state index in [1.165, 1.54) is 0 Å². The third kappa shape index (κ3) is 3.93. The zero-order valence-corrected chi connectivity index (χ0v) is 14.5. The van der Waals surface area contributed by atoms with E-state index in [0.29, 0.717) is 35.3 Å². The van der Waals surface area contributed by atoms with Crippen molar-refractivity contribution < 1.29 is 18.9 Å². The first-order valence-electron chi connectivity index (χ1n) is 7.63.